The van der Waals surface area contributed by atoms with Gasteiger partial charge >= 0.3 is 0 Å². The van der Waals surface area contributed by atoms with E-state index in [0.717, 1.165) is 18.0 Å². The molecule has 5 heterocycles. The van der Waals surface area contributed by atoms with Crippen LogP contribution in [0.15, 0.2) is 47.5 Å². The summed E-state index contributed by atoms with van der Waals surface area (Å²) < 4.78 is 7.15. The van der Waals surface area contributed by atoms with Crippen LogP contribution in [0.25, 0.3) is 11.4 Å². The summed E-state index contributed by atoms with van der Waals surface area (Å²) in [6.07, 6.45) is 1.79. The second-order valence-electron chi connectivity index (χ2n) is 7.94. The number of rotatable bonds is 5. The molecule has 166 valence electrons. The summed E-state index contributed by atoms with van der Waals surface area (Å²) in [4.78, 5) is 35.4. The first kappa shape index (κ1) is 20.9. The van der Waals surface area contributed by atoms with E-state index in [1.165, 1.54) is 11.3 Å². The van der Waals surface area contributed by atoms with Crippen LogP contribution in [0, 0.1) is 6.92 Å². The monoisotopic (exact) mass is 452 g/mol. The summed E-state index contributed by atoms with van der Waals surface area (Å²) in [6.45, 7) is 5.77. The number of likely N-dealkylation sites (tertiary alicyclic amines) is 1. The number of morpholine rings is 1. The highest BCUT2D eigenvalue weighted by Gasteiger charge is 2.47. The molecule has 3 aromatic rings. The molecule has 8 nitrogen and oxygen atoms in total. The van der Waals surface area contributed by atoms with Crippen molar-refractivity contribution in [2.24, 2.45) is 0 Å². The lowest BCUT2D eigenvalue weighted by atomic mass is 10.0. The number of carbonyl (C=O) groups excluding carboxylic acids is 2. The Balaban J connectivity index is 1.57. The Bertz CT molecular complexity index is 1190. The third-order valence-corrected chi connectivity index (χ3v) is 6.97. The number of aryl methyl sites for hydroxylation is 1. The first-order valence-electron chi connectivity index (χ1n) is 10.6. The van der Waals surface area contributed by atoms with E-state index in [9.17, 15) is 14.7 Å². The molecule has 1 amide bonds. The maximum atomic E-state index is 13.2. The van der Waals surface area contributed by atoms with Crippen LogP contribution in [0.5, 0.6) is 0 Å². The van der Waals surface area contributed by atoms with E-state index >= 15 is 0 Å². The van der Waals surface area contributed by atoms with Crippen molar-refractivity contribution in [3.05, 3.63) is 63.7 Å². The number of Topliss-reactive ketones (excluding diaryl/α,β-unsaturated/α-hetero) is 1. The lowest BCUT2D eigenvalue weighted by molar-refractivity contribution is -0.140. The van der Waals surface area contributed by atoms with Gasteiger partial charge in [-0.05, 0) is 30.5 Å². The van der Waals surface area contributed by atoms with Crippen LogP contribution in [-0.4, -0.2) is 75.4 Å². The van der Waals surface area contributed by atoms with Crippen molar-refractivity contribution < 1.29 is 19.4 Å². The Hall–Kier alpha value is -3.01. The minimum atomic E-state index is -0.659. The Kier molecular flexibility index (Phi) is 5.54. The van der Waals surface area contributed by atoms with Crippen LogP contribution < -0.4 is 0 Å². The summed E-state index contributed by atoms with van der Waals surface area (Å²) in [5.41, 5.74) is 1.82. The molecule has 9 heteroatoms. The molecule has 2 aliphatic heterocycles. The molecule has 2 saturated heterocycles. The Morgan fingerprint density at radius 3 is 2.75 bits per heavy atom. The second kappa shape index (κ2) is 8.50. The SMILES string of the molecule is Cc1nc2ccccn2c1/C(O)=C1\C(=O)C(=O)N(CCN2CCOCC2)[C@H]1c1cccs1. The lowest BCUT2D eigenvalue weighted by Gasteiger charge is -2.30. The van der Waals surface area contributed by atoms with E-state index < -0.39 is 17.7 Å². The third-order valence-electron chi connectivity index (χ3n) is 6.04. The van der Waals surface area contributed by atoms with Gasteiger partial charge in [0.15, 0.2) is 5.76 Å². The highest BCUT2D eigenvalue weighted by molar-refractivity contribution is 7.10. The summed E-state index contributed by atoms with van der Waals surface area (Å²) >= 11 is 1.47. The second-order valence-corrected chi connectivity index (χ2v) is 8.92. The molecule has 0 bridgehead atoms. The van der Waals surface area contributed by atoms with Crippen molar-refractivity contribution in [2.45, 2.75) is 13.0 Å². The van der Waals surface area contributed by atoms with Crippen LogP contribution in [0.2, 0.25) is 0 Å². The van der Waals surface area contributed by atoms with Gasteiger partial charge in [0.25, 0.3) is 11.7 Å². The maximum absolute atomic E-state index is 13.2. The number of hydrogen-bond donors (Lipinski definition) is 1. The molecule has 0 unspecified atom stereocenters. The van der Waals surface area contributed by atoms with Crippen LogP contribution in [0.1, 0.15) is 22.3 Å². The zero-order valence-electron chi connectivity index (χ0n) is 17.7. The van der Waals surface area contributed by atoms with Gasteiger partial charge < -0.3 is 14.7 Å². The molecule has 1 N–H and O–H groups in total. The molecule has 1 atom stereocenters. The van der Waals surface area contributed by atoms with Gasteiger partial charge in [0.1, 0.15) is 11.3 Å². The standard InChI is InChI=1S/C23H24N4O4S/c1-15-19(26-7-3-2-6-17(26)24-15)21(28)18-20(16-5-4-14-32-16)27(23(30)22(18)29)9-8-25-10-12-31-13-11-25/h2-7,14,20,28H,8-13H2,1H3/b21-18+/t20-/m0/s1. The number of fused-ring (bicyclic) bond motifs is 1. The van der Waals surface area contributed by atoms with Gasteiger partial charge in [-0.3, -0.25) is 18.9 Å². The third kappa shape index (κ3) is 3.52. The number of nitrogens with zero attached hydrogens (tertiary/aromatic N) is 4. The number of ketones is 1. The van der Waals surface area contributed by atoms with Crippen molar-refractivity contribution >= 4 is 34.4 Å². The smallest absolute Gasteiger partial charge is 0.295 e. The Labute approximate surface area is 189 Å². The van der Waals surface area contributed by atoms with Crippen molar-refractivity contribution in [1.29, 1.82) is 0 Å². The normalized spacial score (nSPS) is 21.7. The van der Waals surface area contributed by atoms with Crippen LogP contribution in [0.4, 0.5) is 0 Å². The Morgan fingerprint density at radius 1 is 1.19 bits per heavy atom. The van der Waals surface area contributed by atoms with Gasteiger partial charge in [0, 0.05) is 37.3 Å². The maximum Gasteiger partial charge on any atom is 0.295 e. The Morgan fingerprint density at radius 2 is 2.00 bits per heavy atom. The van der Waals surface area contributed by atoms with Crippen LogP contribution in [-0.2, 0) is 14.3 Å². The summed E-state index contributed by atoms with van der Waals surface area (Å²) in [5.74, 6) is -1.43. The highest BCUT2D eigenvalue weighted by atomic mass is 32.1. The van der Waals surface area contributed by atoms with Gasteiger partial charge in [-0.2, -0.15) is 0 Å². The quantitative estimate of drug-likeness (QED) is 0.364. The number of thiophene rings is 1. The fourth-order valence-corrected chi connectivity index (χ4v) is 5.30. The number of hydrogen-bond acceptors (Lipinski definition) is 7. The number of ether oxygens (including phenoxy) is 1. The van der Waals surface area contributed by atoms with E-state index in [1.54, 1.807) is 22.4 Å². The zero-order chi connectivity index (χ0) is 22.2. The fraction of sp³-hybridized carbons (Fsp3) is 0.348. The number of pyridine rings is 1. The number of imidazole rings is 1. The molecule has 2 aliphatic rings. The first-order valence-corrected chi connectivity index (χ1v) is 11.5. The number of carbonyl (C=O) groups is 2. The molecule has 0 aliphatic carbocycles. The first-order chi connectivity index (χ1) is 15.6. The largest absolute Gasteiger partial charge is 0.505 e. The molecule has 3 aromatic heterocycles. The van der Waals surface area contributed by atoms with Gasteiger partial charge in [-0.15, -0.1) is 11.3 Å². The highest BCUT2D eigenvalue weighted by Crippen LogP contribution is 2.41. The molecule has 32 heavy (non-hydrogen) atoms. The number of aliphatic hydroxyl groups is 1. The molecular weight excluding hydrogens is 428 g/mol. The van der Waals surface area contributed by atoms with Gasteiger partial charge in [0.2, 0.25) is 0 Å². The zero-order valence-corrected chi connectivity index (χ0v) is 18.5. The van der Waals surface area contributed by atoms with Crippen LogP contribution >= 0.6 is 11.3 Å². The minimum Gasteiger partial charge on any atom is -0.505 e. The van der Waals surface area contributed by atoms with Gasteiger partial charge in [0.05, 0.1) is 30.5 Å². The van der Waals surface area contributed by atoms with Gasteiger partial charge in [-0.25, -0.2) is 4.98 Å². The predicted octanol–water partition coefficient (Wildman–Crippen LogP) is 2.46. The average molecular weight is 453 g/mol. The van der Waals surface area contributed by atoms with Crippen molar-refractivity contribution in [3.8, 4) is 0 Å². The molecule has 0 radical (unpaired) electrons. The summed E-state index contributed by atoms with van der Waals surface area (Å²) in [7, 11) is 0. The lowest BCUT2D eigenvalue weighted by Crippen LogP contribution is -2.42. The van der Waals surface area contributed by atoms with Gasteiger partial charge in [-0.1, -0.05) is 12.1 Å². The summed E-state index contributed by atoms with van der Waals surface area (Å²) in [5, 5.41) is 13.3. The van der Waals surface area contributed by atoms with E-state index in [1.807, 2.05) is 35.7 Å². The van der Waals surface area contributed by atoms with E-state index in [2.05, 4.69) is 9.88 Å². The number of amides is 1. The van der Waals surface area contributed by atoms with E-state index in [-0.39, 0.29) is 11.3 Å². The van der Waals surface area contributed by atoms with Crippen molar-refractivity contribution in [2.75, 3.05) is 39.4 Å². The molecule has 2 fully saturated rings. The number of aromatic nitrogens is 2. The van der Waals surface area contributed by atoms with E-state index in [4.69, 9.17) is 4.74 Å². The average Bonchev–Trinajstić information content (AvgIpc) is 3.50. The molecule has 0 saturated carbocycles. The number of aliphatic hydroxyl groups excluding tert-OH is 1. The minimum absolute atomic E-state index is 0.119. The van der Waals surface area contributed by atoms with Crippen molar-refractivity contribution in [3.63, 3.8) is 0 Å². The van der Waals surface area contributed by atoms with Crippen LogP contribution in [0.3, 0.4) is 0 Å². The fourth-order valence-electron chi connectivity index (χ4n) is 4.45. The predicted molar refractivity (Wildman–Crippen MR) is 121 cm³/mol. The van der Waals surface area contributed by atoms with Crippen molar-refractivity contribution in [1.82, 2.24) is 19.2 Å². The van der Waals surface area contributed by atoms with E-state index in [0.29, 0.717) is 43.3 Å². The summed E-state index contributed by atoms with van der Waals surface area (Å²) in [6, 6.07) is 8.70. The molecule has 0 aromatic carbocycles. The molecule has 0 spiro atoms. The molecule has 5 rings (SSSR count). The topological polar surface area (TPSA) is 87.4 Å². The molecular formula is C23H24N4O4S.